The second kappa shape index (κ2) is 6.45. The number of anilines is 1. The molecule has 0 amide bonds. The van der Waals surface area contributed by atoms with E-state index in [4.69, 9.17) is 4.74 Å². The first kappa shape index (κ1) is 14.9. The molecule has 2 aromatic rings. The van der Waals surface area contributed by atoms with Gasteiger partial charge in [-0.15, -0.1) is 0 Å². The largest absolute Gasteiger partial charge is 0.455 e. The minimum absolute atomic E-state index is 0.0629. The lowest BCUT2D eigenvalue weighted by molar-refractivity contribution is 0.483. The molecule has 0 radical (unpaired) electrons. The van der Waals surface area contributed by atoms with Crippen LogP contribution in [0, 0.1) is 18.8 Å². The second-order valence-corrected chi connectivity index (χ2v) is 6.46. The minimum atomic E-state index is -0.0629. The van der Waals surface area contributed by atoms with Crippen LogP contribution in [0.4, 0.5) is 5.69 Å². The van der Waals surface area contributed by atoms with Gasteiger partial charge < -0.3 is 10.1 Å². The molecule has 1 N–H and O–H groups in total. The Bertz CT molecular complexity index is 854. The summed E-state index contributed by atoms with van der Waals surface area (Å²) in [6, 6.07) is 14.3. The van der Waals surface area contributed by atoms with Crippen molar-refractivity contribution in [3.63, 3.8) is 0 Å². The number of nitrogens with one attached hydrogen (secondary N) is 1. The van der Waals surface area contributed by atoms with E-state index in [1.54, 1.807) is 0 Å². The summed E-state index contributed by atoms with van der Waals surface area (Å²) in [5, 5.41) is 3.57. The van der Waals surface area contributed by atoms with Gasteiger partial charge in [0.05, 0.1) is 5.69 Å². The molecular formula is C22H21NO. The lowest BCUT2D eigenvalue weighted by atomic mass is 9.99. The fraction of sp³-hybridized carbons (Fsp3) is 0.273. The molecule has 2 nitrogen and oxygen atoms in total. The first-order chi connectivity index (χ1) is 11.8. The Morgan fingerprint density at radius 3 is 2.88 bits per heavy atom. The summed E-state index contributed by atoms with van der Waals surface area (Å²) in [5.74, 6) is 8.57. The number of ether oxygens (including phenoxy) is 1. The maximum atomic E-state index is 6.13. The zero-order valence-corrected chi connectivity index (χ0v) is 13.9. The average molecular weight is 315 g/mol. The van der Waals surface area contributed by atoms with Crippen molar-refractivity contribution in [2.24, 2.45) is 0 Å². The highest BCUT2D eigenvalue weighted by atomic mass is 16.5. The normalized spacial score (nSPS) is 18.5. The van der Waals surface area contributed by atoms with Gasteiger partial charge >= 0.3 is 0 Å². The van der Waals surface area contributed by atoms with Crippen molar-refractivity contribution in [2.45, 2.75) is 38.6 Å². The minimum Gasteiger partial charge on any atom is -0.455 e. The van der Waals surface area contributed by atoms with E-state index in [1.807, 2.05) is 24.3 Å². The quantitative estimate of drug-likeness (QED) is 0.624. The molecule has 1 aliphatic heterocycles. The van der Waals surface area contributed by atoms with Gasteiger partial charge in [0.1, 0.15) is 11.8 Å². The van der Waals surface area contributed by atoms with Crippen LogP contribution >= 0.6 is 0 Å². The van der Waals surface area contributed by atoms with Crippen LogP contribution in [0.25, 0.3) is 0 Å². The summed E-state index contributed by atoms with van der Waals surface area (Å²) in [6.45, 7) is 2.09. The van der Waals surface area contributed by atoms with Crippen molar-refractivity contribution in [1.29, 1.82) is 0 Å². The number of rotatable bonds is 0. The summed E-state index contributed by atoms with van der Waals surface area (Å²) in [5.41, 5.74) is 4.58. The van der Waals surface area contributed by atoms with Gasteiger partial charge in [-0.05, 0) is 61.9 Å². The van der Waals surface area contributed by atoms with E-state index in [1.165, 1.54) is 24.0 Å². The fourth-order valence-corrected chi connectivity index (χ4v) is 3.24. The van der Waals surface area contributed by atoms with E-state index in [0.29, 0.717) is 0 Å². The molecule has 0 unspecified atom stereocenters. The standard InChI is InChI=1S/C22H21NO/c1-16-11-14-22-20(15-16)23-19(13-12-17-7-3-2-4-8-17)18-9-5-6-10-21(18)24-22/h5-7,9-11,14-15,19,23H,2-4,8H2,1H3/t19-/m1/s1. The van der Waals surface area contributed by atoms with Crippen LogP contribution in [0.15, 0.2) is 54.1 Å². The maximum Gasteiger partial charge on any atom is 0.150 e. The summed E-state index contributed by atoms with van der Waals surface area (Å²) in [7, 11) is 0. The van der Waals surface area contributed by atoms with Gasteiger partial charge in [0, 0.05) is 5.56 Å². The molecular weight excluding hydrogens is 294 g/mol. The van der Waals surface area contributed by atoms with Crippen molar-refractivity contribution < 1.29 is 4.74 Å². The van der Waals surface area contributed by atoms with Crippen molar-refractivity contribution in [3.05, 3.63) is 65.2 Å². The van der Waals surface area contributed by atoms with Crippen molar-refractivity contribution in [2.75, 3.05) is 5.32 Å². The van der Waals surface area contributed by atoms with E-state index >= 15 is 0 Å². The van der Waals surface area contributed by atoms with E-state index < -0.39 is 0 Å². The van der Waals surface area contributed by atoms with Crippen LogP contribution in [-0.4, -0.2) is 0 Å². The van der Waals surface area contributed by atoms with Gasteiger partial charge in [-0.25, -0.2) is 0 Å². The number of fused-ring (bicyclic) bond motifs is 2. The number of hydrogen-bond acceptors (Lipinski definition) is 2. The third kappa shape index (κ3) is 3.03. The van der Waals surface area contributed by atoms with Crippen LogP contribution in [0.2, 0.25) is 0 Å². The molecule has 0 spiro atoms. The van der Waals surface area contributed by atoms with Gasteiger partial charge in [0.2, 0.25) is 0 Å². The summed E-state index contributed by atoms with van der Waals surface area (Å²) >= 11 is 0. The molecule has 120 valence electrons. The van der Waals surface area contributed by atoms with E-state index in [-0.39, 0.29) is 6.04 Å². The fourth-order valence-electron chi connectivity index (χ4n) is 3.24. The number of benzene rings is 2. The van der Waals surface area contributed by atoms with E-state index in [0.717, 1.165) is 35.6 Å². The van der Waals surface area contributed by atoms with Crippen LogP contribution in [0.3, 0.4) is 0 Å². The molecule has 2 aliphatic rings. The van der Waals surface area contributed by atoms with Crippen molar-refractivity contribution in [1.82, 2.24) is 0 Å². The topological polar surface area (TPSA) is 21.3 Å². The van der Waals surface area contributed by atoms with Crippen LogP contribution in [0.1, 0.15) is 42.9 Å². The first-order valence-electron chi connectivity index (χ1n) is 8.64. The van der Waals surface area contributed by atoms with Crippen molar-refractivity contribution in [3.8, 4) is 23.3 Å². The Morgan fingerprint density at radius 1 is 1.08 bits per heavy atom. The van der Waals surface area contributed by atoms with Gasteiger partial charge in [0.15, 0.2) is 5.75 Å². The summed E-state index contributed by atoms with van der Waals surface area (Å²) in [6.07, 6.45) is 7.08. The number of para-hydroxylation sites is 1. The molecule has 0 aromatic heterocycles. The highest BCUT2D eigenvalue weighted by Crippen LogP contribution is 2.40. The first-order valence-corrected chi connectivity index (χ1v) is 8.64. The van der Waals surface area contributed by atoms with E-state index in [9.17, 15) is 0 Å². The van der Waals surface area contributed by atoms with Gasteiger partial charge in [-0.2, -0.15) is 0 Å². The SMILES string of the molecule is Cc1ccc2c(c1)N[C@H](C#CC1=CCCCC1)c1ccccc1O2. The number of aryl methyl sites for hydroxylation is 1. The van der Waals surface area contributed by atoms with Gasteiger partial charge in [-0.3, -0.25) is 0 Å². The second-order valence-electron chi connectivity index (χ2n) is 6.46. The van der Waals surface area contributed by atoms with Gasteiger partial charge in [-0.1, -0.05) is 42.2 Å². The Balaban J connectivity index is 1.74. The molecule has 0 saturated heterocycles. The Hall–Kier alpha value is -2.66. The Labute approximate surface area is 143 Å². The lowest BCUT2D eigenvalue weighted by Gasteiger charge is -2.13. The zero-order chi connectivity index (χ0) is 16.4. The van der Waals surface area contributed by atoms with Crippen molar-refractivity contribution >= 4 is 5.69 Å². The molecule has 0 bridgehead atoms. The van der Waals surface area contributed by atoms with Crippen LogP contribution in [0.5, 0.6) is 11.5 Å². The average Bonchev–Trinajstić information content (AvgIpc) is 2.77. The molecule has 1 aliphatic carbocycles. The monoisotopic (exact) mass is 315 g/mol. The molecule has 1 heterocycles. The predicted molar refractivity (Wildman–Crippen MR) is 98.4 cm³/mol. The Kier molecular flexibility index (Phi) is 4.01. The lowest BCUT2D eigenvalue weighted by Crippen LogP contribution is -2.07. The molecule has 2 heteroatoms. The third-order valence-electron chi connectivity index (χ3n) is 4.55. The zero-order valence-electron chi connectivity index (χ0n) is 13.9. The van der Waals surface area contributed by atoms with E-state index in [2.05, 4.69) is 48.4 Å². The molecule has 0 saturated carbocycles. The Morgan fingerprint density at radius 2 is 2.00 bits per heavy atom. The third-order valence-corrected chi connectivity index (χ3v) is 4.55. The molecule has 4 rings (SSSR count). The molecule has 2 aromatic carbocycles. The number of allylic oxidation sites excluding steroid dienone is 2. The highest BCUT2D eigenvalue weighted by Gasteiger charge is 2.21. The summed E-state index contributed by atoms with van der Waals surface area (Å²) < 4.78 is 6.13. The maximum absolute atomic E-state index is 6.13. The summed E-state index contributed by atoms with van der Waals surface area (Å²) in [4.78, 5) is 0. The van der Waals surface area contributed by atoms with Gasteiger partial charge in [0.25, 0.3) is 0 Å². The smallest absolute Gasteiger partial charge is 0.150 e. The molecule has 24 heavy (non-hydrogen) atoms. The molecule has 1 atom stereocenters. The highest BCUT2D eigenvalue weighted by molar-refractivity contribution is 5.64. The van der Waals surface area contributed by atoms with Crippen LogP contribution < -0.4 is 10.1 Å². The number of hydrogen-bond donors (Lipinski definition) is 1. The van der Waals surface area contributed by atoms with Crippen LogP contribution in [-0.2, 0) is 0 Å². The molecule has 0 fully saturated rings. The predicted octanol–water partition coefficient (Wildman–Crippen LogP) is 5.76.